The fourth-order valence-corrected chi connectivity index (χ4v) is 3.48. The lowest BCUT2D eigenvalue weighted by Gasteiger charge is -2.25. The largest absolute Gasteiger partial charge is 0.472 e. The molecule has 2 atom stereocenters. The number of aromatic nitrogens is 1. The van der Waals surface area contributed by atoms with Crippen LogP contribution in [0.25, 0.3) is 0 Å². The third-order valence-electron chi connectivity index (χ3n) is 4.45. The van der Waals surface area contributed by atoms with Gasteiger partial charge in [0, 0.05) is 19.2 Å². The maximum Gasteiger partial charge on any atom is 0.257 e. The molecule has 6 heteroatoms. The van der Waals surface area contributed by atoms with Crippen molar-refractivity contribution in [3.05, 3.63) is 48.7 Å². The van der Waals surface area contributed by atoms with E-state index in [1.807, 2.05) is 12.1 Å². The Hall–Kier alpha value is -2.63. The van der Waals surface area contributed by atoms with Gasteiger partial charge in [-0.2, -0.15) is 0 Å². The molecule has 0 aliphatic carbocycles. The van der Waals surface area contributed by atoms with E-state index in [1.54, 1.807) is 28.3 Å². The molecule has 112 valence electrons. The molecule has 2 aromatic rings. The minimum Gasteiger partial charge on any atom is -0.472 e. The van der Waals surface area contributed by atoms with Crippen LogP contribution in [0.2, 0.25) is 0 Å². The van der Waals surface area contributed by atoms with Crippen LogP contribution in [0, 0.1) is 0 Å². The van der Waals surface area contributed by atoms with E-state index in [2.05, 4.69) is 4.98 Å². The summed E-state index contributed by atoms with van der Waals surface area (Å²) >= 11 is 0. The van der Waals surface area contributed by atoms with Crippen molar-refractivity contribution in [1.82, 2.24) is 9.88 Å². The van der Waals surface area contributed by atoms with Crippen molar-refractivity contribution in [2.24, 2.45) is 0 Å². The van der Waals surface area contributed by atoms with Crippen LogP contribution in [0.4, 0.5) is 5.69 Å². The zero-order chi connectivity index (χ0) is 15.1. The van der Waals surface area contributed by atoms with Crippen LogP contribution >= 0.6 is 0 Å². The number of carbonyl (C=O) groups is 2. The lowest BCUT2D eigenvalue weighted by atomic mass is 10.1. The number of pyridine rings is 1. The van der Waals surface area contributed by atoms with E-state index in [1.165, 1.54) is 12.5 Å². The van der Waals surface area contributed by atoms with Gasteiger partial charge in [-0.1, -0.05) is 0 Å². The maximum atomic E-state index is 12.5. The number of rotatable bonds is 2. The van der Waals surface area contributed by atoms with Gasteiger partial charge in [0.05, 0.1) is 35.8 Å². The molecule has 4 heterocycles. The van der Waals surface area contributed by atoms with Crippen molar-refractivity contribution < 1.29 is 14.0 Å². The topological polar surface area (TPSA) is 66.7 Å². The zero-order valence-electron chi connectivity index (χ0n) is 11.9. The number of amides is 2. The van der Waals surface area contributed by atoms with E-state index in [9.17, 15) is 9.59 Å². The number of furan rings is 1. The quantitative estimate of drug-likeness (QED) is 0.846. The van der Waals surface area contributed by atoms with Crippen molar-refractivity contribution in [2.45, 2.75) is 24.9 Å². The van der Waals surface area contributed by atoms with Gasteiger partial charge in [0.25, 0.3) is 5.91 Å². The second-order valence-corrected chi connectivity index (χ2v) is 5.61. The standard InChI is InChI=1S/C16H15N3O3/c20-15-8-14-13(19(15)12-2-1-5-17-9-12)3-6-18(14)16(21)11-4-7-22-10-11/h1-2,4-5,7,9-10,13-14H,3,6,8H2/t13-,14+/m1/s1. The Kier molecular flexibility index (Phi) is 2.96. The van der Waals surface area contributed by atoms with Crippen LogP contribution in [-0.2, 0) is 4.79 Å². The molecule has 0 radical (unpaired) electrons. The maximum absolute atomic E-state index is 12.5. The molecule has 0 spiro atoms. The summed E-state index contributed by atoms with van der Waals surface area (Å²) in [6, 6.07) is 5.32. The molecule has 0 unspecified atom stereocenters. The summed E-state index contributed by atoms with van der Waals surface area (Å²) in [5, 5.41) is 0. The number of fused-ring (bicyclic) bond motifs is 1. The molecule has 2 amide bonds. The van der Waals surface area contributed by atoms with Crippen LogP contribution in [0.5, 0.6) is 0 Å². The monoisotopic (exact) mass is 297 g/mol. The van der Waals surface area contributed by atoms with Gasteiger partial charge < -0.3 is 14.2 Å². The Bertz CT molecular complexity index is 699. The van der Waals surface area contributed by atoms with Crippen LogP contribution in [-0.4, -0.2) is 40.3 Å². The van der Waals surface area contributed by atoms with E-state index in [0.717, 1.165) is 12.1 Å². The van der Waals surface area contributed by atoms with Crippen molar-refractivity contribution >= 4 is 17.5 Å². The van der Waals surface area contributed by atoms with E-state index in [0.29, 0.717) is 18.5 Å². The highest BCUT2D eigenvalue weighted by Gasteiger charge is 2.49. The average molecular weight is 297 g/mol. The van der Waals surface area contributed by atoms with Crippen molar-refractivity contribution in [3.8, 4) is 0 Å². The summed E-state index contributed by atoms with van der Waals surface area (Å²) in [7, 11) is 0. The number of hydrogen-bond donors (Lipinski definition) is 0. The van der Waals surface area contributed by atoms with Gasteiger partial charge in [-0.3, -0.25) is 14.6 Å². The average Bonchev–Trinajstić information content (AvgIpc) is 3.23. The predicted molar refractivity (Wildman–Crippen MR) is 78.3 cm³/mol. The summed E-state index contributed by atoms with van der Waals surface area (Å²) in [6.07, 6.45) is 7.47. The third-order valence-corrected chi connectivity index (χ3v) is 4.45. The molecule has 0 N–H and O–H groups in total. The predicted octanol–water partition coefficient (Wildman–Crippen LogP) is 1.69. The molecule has 0 bridgehead atoms. The Morgan fingerprint density at radius 3 is 2.95 bits per heavy atom. The summed E-state index contributed by atoms with van der Waals surface area (Å²) in [4.78, 5) is 32.6. The molecular weight excluding hydrogens is 282 g/mol. The number of anilines is 1. The summed E-state index contributed by atoms with van der Waals surface area (Å²) in [5.41, 5.74) is 1.34. The van der Waals surface area contributed by atoms with Gasteiger partial charge in [-0.25, -0.2) is 0 Å². The lowest BCUT2D eigenvalue weighted by molar-refractivity contribution is -0.117. The van der Waals surface area contributed by atoms with E-state index >= 15 is 0 Å². The fourth-order valence-electron chi connectivity index (χ4n) is 3.48. The molecule has 4 rings (SSSR count). The van der Waals surface area contributed by atoms with Crippen LogP contribution < -0.4 is 4.90 Å². The molecule has 6 nitrogen and oxygen atoms in total. The molecule has 2 saturated heterocycles. The van der Waals surface area contributed by atoms with E-state index in [-0.39, 0.29) is 23.9 Å². The minimum absolute atomic E-state index is 0.0348. The normalized spacial score (nSPS) is 23.9. The first-order chi connectivity index (χ1) is 10.8. The first-order valence-corrected chi connectivity index (χ1v) is 7.31. The second kappa shape index (κ2) is 4.98. The smallest absolute Gasteiger partial charge is 0.257 e. The van der Waals surface area contributed by atoms with Crippen molar-refractivity contribution in [2.75, 3.05) is 11.4 Å². The second-order valence-electron chi connectivity index (χ2n) is 5.61. The Labute approximate surface area is 127 Å². The van der Waals surface area contributed by atoms with Gasteiger partial charge >= 0.3 is 0 Å². The summed E-state index contributed by atoms with van der Waals surface area (Å²) in [5.74, 6) is -0.0187. The van der Waals surface area contributed by atoms with Crippen LogP contribution in [0.15, 0.2) is 47.5 Å². The molecule has 0 saturated carbocycles. The molecule has 2 aliphatic rings. The Balaban J connectivity index is 1.61. The molecule has 2 aliphatic heterocycles. The molecule has 0 aromatic carbocycles. The van der Waals surface area contributed by atoms with Crippen LogP contribution in [0.1, 0.15) is 23.2 Å². The number of nitrogens with zero attached hydrogens (tertiary/aromatic N) is 3. The van der Waals surface area contributed by atoms with Gasteiger partial charge in [0.15, 0.2) is 0 Å². The first kappa shape index (κ1) is 13.1. The van der Waals surface area contributed by atoms with Gasteiger partial charge in [0.2, 0.25) is 5.91 Å². The van der Waals surface area contributed by atoms with Gasteiger partial charge in [-0.15, -0.1) is 0 Å². The highest BCUT2D eigenvalue weighted by molar-refractivity contribution is 6.00. The molecular formula is C16H15N3O3. The lowest BCUT2D eigenvalue weighted by Crippen LogP contribution is -2.39. The van der Waals surface area contributed by atoms with Crippen molar-refractivity contribution in [3.63, 3.8) is 0 Å². The minimum atomic E-state index is -0.0740. The van der Waals surface area contributed by atoms with E-state index < -0.39 is 0 Å². The third kappa shape index (κ3) is 1.91. The Morgan fingerprint density at radius 1 is 1.32 bits per heavy atom. The SMILES string of the molecule is O=C(c1ccoc1)N1CC[C@@H]2[C@@H]1CC(=O)N2c1cccnc1. The zero-order valence-corrected chi connectivity index (χ0v) is 11.9. The number of carbonyl (C=O) groups excluding carboxylic acids is 2. The first-order valence-electron chi connectivity index (χ1n) is 7.31. The van der Waals surface area contributed by atoms with Crippen molar-refractivity contribution in [1.29, 1.82) is 0 Å². The van der Waals surface area contributed by atoms with Crippen LogP contribution in [0.3, 0.4) is 0 Å². The van der Waals surface area contributed by atoms with E-state index in [4.69, 9.17) is 4.42 Å². The molecule has 2 aromatic heterocycles. The highest BCUT2D eigenvalue weighted by Crippen LogP contribution is 2.36. The summed E-state index contributed by atoms with van der Waals surface area (Å²) in [6.45, 7) is 0.656. The number of likely N-dealkylation sites (tertiary alicyclic amines) is 1. The molecule has 22 heavy (non-hydrogen) atoms. The van der Waals surface area contributed by atoms with Gasteiger partial charge in [-0.05, 0) is 24.6 Å². The molecule has 2 fully saturated rings. The van der Waals surface area contributed by atoms with Gasteiger partial charge in [0.1, 0.15) is 6.26 Å². The fraction of sp³-hybridized carbons (Fsp3) is 0.312. The Morgan fingerprint density at radius 2 is 2.23 bits per heavy atom. The highest BCUT2D eigenvalue weighted by atomic mass is 16.3. The summed E-state index contributed by atoms with van der Waals surface area (Å²) < 4.78 is 4.98. The number of hydrogen-bond acceptors (Lipinski definition) is 4.